The average Bonchev–Trinajstić information content (AvgIpc) is 3.53. The molecule has 4 aromatic heterocycles. The van der Waals surface area contributed by atoms with Crippen LogP contribution in [0.1, 0.15) is 35.8 Å². The molecule has 6 heterocycles. The average molecular weight is 527 g/mol. The maximum atomic E-state index is 5.17. The van der Waals surface area contributed by atoms with Crippen LogP contribution in [0.3, 0.4) is 0 Å². The third-order valence-electron chi connectivity index (χ3n) is 5.94. The van der Waals surface area contributed by atoms with Gasteiger partial charge in [0.1, 0.15) is 0 Å². The molecule has 0 aliphatic carbocycles. The van der Waals surface area contributed by atoms with Crippen molar-refractivity contribution in [3.63, 3.8) is 0 Å². The van der Waals surface area contributed by atoms with Gasteiger partial charge in [0, 0.05) is 0 Å². The summed E-state index contributed by atoms with van der Waals surface area (Å²) >= 11 is 0.189. The molecular formula is C23H22IN5S. The van der Waals surface area contributed by atoms with Gasteiger partial charge in [0.25, 0.3) is 0 Å². The van der Waals surface area contributed by atoms with Crippen molar-refractivity contribution in [1.29, 1.82) is 0 Å². The fourth-order valence-corrected chi connectivity index (χ4v) is 8.42. The number of H-pyrrole nitrogens is 1. The summed E-state index contributed by atoms with van der Waals surface area (Å²) in [7, 11) is 0. The summed E-state index contributed by atoms with van der Waals surface area (Å²) in [5.74, 6) is 0.551. The van der Waals surface area contributed by atoms with Gasteiger partial charge in [0.05, 0.1) is 0 Å². The fraction of sp³-hybridized carbons (Fsp3) is 0.261. The number of piperidine rings is 1. The molecule has 2 N–H and O–H groups in total. The van der Waals surface area contributed by atoms with E-state index in [1.807, 2.05) is 12.4 Å². The Hall–Kier alpha value is -2.10. The number of rotatable bonds is 3. The van der Waals surface area contributed by atoms with Crippen LogP contribution in [-0.4, -0.2) is 38.7 Å². The molecule has 2 aliphatic rings. The number of pyridine rings is 2. The number of nitrogens with zero attached hydrogens (tertiary/aromatic N) is 3. The number of hydrogen-bond donors (Lipinski definition) is 2. The summed E-state index contributed by atoms with van der Waals surface area (Å²) in [4.78, 5) is 16.8. The molecule has 0 aromatic carbocycles. The first-order valence-electron chi connectivity index (χ1n) is 10.2. The SMILES string of the molecule is CI1N=C(c2cc3c(-c4cccs4)cncc3[nH]2)c2nc(C3CCNCC3)ccc21. The Morgan fingerprint density at radius 1 is 1.13 bits per heavy atom. The number of halogens is 1. The molecule has 30 heavy (non-hydrogen) atoms. The van der Waals surface area contributed by atoms with E-state index < -0.39 is 20.1 Å². The summed E-state index contributed by atoms with van der Waals surface area (Å²) in [5, 5.41) is 6.77. The van der Waals surface area contributed by atoms with Gasteiger partial charge >= 0.3 is 187 Å². The molecule has 7 heteroatoms. The second-order valence-electron chi connectivity index (χ2n) is 7.78. The number of nitrogens with one attached hydrogen (secondary N) is 2. The standard InChI is InChI=1S/C23H22IN5S/c1-24-17-4-5-18(14-6-8-25-9-7-14)28-22(17)23(29-24)19-11-15-16(21-3-2-10-30-21)12-26-13-20(15)27-19/h2-5,10-14,25,27H,6-9H2,1H3. The van der Waals surface area contributed by atoms with E-state index in [4.69, 9.17) is 8.19 Å². The Morgan fingerprint density at radius 3 is 2.87 bits per heavy atom. The molecule has 0 atom stereocenters. The Morgan fingerprint density at radius 2 is 2.03 bits per heavy atom. The molecule has 0 bridgehead atoms. The van der Waals surface area contributed by atoms with E-state index in [9.17, 15) is 0 Å². The van der Waals surface area contributed by atoms with Gasteiger partial charge < -0.3 is 0 Å². The minimum absolute atomic E-state index is 0.551. The van der Waals surface area contributed by atoms with E-state index in [1.165, 1.54) is 25.1 Å². The van der Waals surface area contributed by atoms with Crippen LogP contribution >= 0.6 is 31.4 Å². The van der Waals surface area contributed by atoms with Gasteiger partial charge in [-0.25, -0.2) is 0 Å². The summed E-state index contributed by atoms with van der Waals surface area (Å²) in [5.41, 5.74) is 6.67. The monoisotopic (exact) mass is 527 g/mol. The number of thiophene rings is 1. The van der Waals surface area contributed by atoms with Crippen LogP contribution in [-0.2, 0) is 0 Å². The van der Waals surface area contributed by atoms with Crippen LogP contribution in [0, 0.1) is 3.57 Å². The third-order valence-corrected chi connectivity index (χ3v) is 10.6. The topological polar surface area (TPSA) is 66.0 Å². The fourth-order valence-electron chi connectivity index (χ4n) is 4.38. The summed E-state index contributed by atoms with van der Waals surface area (Å²) in [6.45, 7) is 2.16. The molecule has 1 fully saturated rings. The predicted octanol–water partition coefficient (Wildman–Crippen LogP) is 5.23. The summed E-state index contributed by atoms with van der Waals surface area (Å²) in [6.07, 6.45) is 6.19. The Balaban J connectivity index is 1.44. The zero-order valence-electron chi connectivity index (χ0n) is 16.7. The molecule has 152 valence electrons. The van der Waals surface area contributed by atoms with Crippen molar-refractivity contribution in [3.05, 3.63) is 68.8 Å². The second-order valence-corrected chi connectivity index (χ2v) is 12.9. The Labute approximate surface area is 186 Å². The van der Waals surface area contributed by atoms with Crippen molar-refractivity contribution in [3.8, 4) is 10.4 Å². The second kappa shape index (κ2) is 7.55. The number of hydrogen-bond acceptors (Lipinski definition) is 5. The van der Waals surface area contributed by atoms with Crippen LogP contribution in [0.15, 0.2) is 51.3 Å². The third kappa shape index (κ3) is 3.11. The molecule has 1 saturated heterocycles. The van der Waals surface area contributed by atoms with E-state index >= 15 is 0 Å². The molecule has 0 spiro atoms. The van der Waals surface area contributed by atoms with E-state index in [2.05, 4.69) is 55.9 Å². The van der Waals surface area contributed by atoms with Gasteiger partial charge in [0.2, 0.25) is 0 Å². The van der Waals surface area contributed by atoms with E-state index in [0.29, 0.717) is 5.92 Å². The molecule has 6 rings (SSSR count). The van der Waals surface area contributed by atoms with Crippen LogP contribution in [0.2, 0.25) is 0 Å². The van der Waals surface area contributed by atoms with Crippen molar-refractivity contribution in [2.24, 2.45) is 3.21 Å². The van der Waals surface area contributed by atoms with Crippen molar-refractivity contribution in [1.82, 2.24) is 20.3 Å². The molecule has 4 aromatic rings. The first-order valence-corrected chi connectivity index (χ1v) is 15.3. The van der Waals surface area contributed by atoms with Gasteiger partial charge in [-0.3, -0.25) is 0 Å². The minimum atomic E-state index is -1.56. The van der Waals surface area contributed by atoms with Crippen molar-refractivity contribution in [2.45, 2.75) is 18.8 Å². The maximum absolute atomic E-state index is 5.17. The van der Waals surface area contributed by atoms with Crippen molar-refractivity contribution >= 4 is 48.0 Å². The Kier molecular flexibility index (Phi) is 4.69. The molecular weight excluding hydrogens is 505 g/mol. The van der Waals surface area contributed by atoms with Gasteiger partial charge in [-0.2, -0.15) is 0 Å². The molecule has 0 unspecified atom stereocenters. The summed E-state index contributed by atoms with van der Waals surface area (Å²) in [6, 6.07) is 11.0. The molecule has 2 aliphatic heterocycles. The zero-order valence-corrected chi connectivity index (χ0v) is 19.6. The van der Waals surface area contributed by atoms with Gasteiger partial charge in [-0.1, -0.05) is 0 Å². The van der Waals surface area contributed by atoms with Crippen LogP contribution in [0.4, 0.5) is 0 Å². The van der Waals surface area contributed by atoms with E-state index in [0.717, 1.165) is 48.5 Å². The Bertz CT molecular complexity index is 1250. The first-order chi connectivity index (χ1) is 14.8. The van der Waals surface area contributed by atoms with Gasteiger partial charge in [-0.15, -0.1) is 0 Å². The quantitative estimate of drug-likeness (QED) is 0.284. The first kappa shape index (κ1) is 18.7. The van der Waals surface area contributed by atoms with Gasteiger partial charge in [-0.05, 0) is 0 Å². The summed E-state index contributed by atoms with van der Waals surface area (Å²) < 4.78 is 6.53. The van der Waals surface area contributed by atoms with Crippen molar-refractivity contribution < 1.29 is 0 Å². The molecule has 0 saturated carbocycles. The van der Waals surface area contributed by atoms with E-state index in [1.54, 1.807) is 11.3 Å². The number of fused-ring (bicyclic) bond motifs is 2. The molecule has 5 nitrogen and oxygen atoms in total. The number of alkyl halides is 1. The number of aromatic amines is 1. The van der Waals surface area contributed by atoms with Gasteiger partial charge in [0.15, 0.2) is 0 Å². The molecule has 0 amide bonds. The van der Waals surface area contributed by atoms with E-state index in [-0.39, 0.29) is 0 Å². The van der Waals surface area contributed by atoms with Crippen LogP contribution in [0.5, 0.6) is 0 Å². The number of aromatic nitrogens is 3. The predicted molar refractivity (Wildman–Crippen MR) is 133 cm³/mol. The zero-order chi connectivity index (χ0) is 20.1. The normalized spacial score (nSPS) is 18.0. The van der Waals surface area contributed by atoms with Crippen molar-refractivity contribution in [2.75, 3.05) is 18.0 Å². The van der Waals surface area contributed by atoms with Crippen LogP contribution < -0.4 is 5.32 Å². The van der Waals surface area contributed by atoms with Crippen LogP contribution in [0.25, 0.3) is 21.3 Å². The molecule has 0 radical (unpaired) electrons.